The summed E-state index contributed by atoms with van der Waals surface area (Å²) in [6.07, 6.45) is 0.944. The molecule has 140 valence electrons. The van der Waals surface area contributed by atoms with E-state index in [9.17, 15) is 4.79 Å². The maximum atomic E-state index is 12.9. The summed E-state index contributed by atoms with van der Waals surface area (Å²) in [5.41, 5.74) is 4.22. The van der Waals surface area contributed by atoms with E-state index in [4.69, 9.17) is 0 Å². The van der Waals surface area contributed by atoms with Crippen LogP contribution in [0.25, 0.3) is 5.69 Å². The maximum absolute atomic E-state index is 12.9. The number of likely N-dealkylation sites (N-methyl/N-ethyl adjacent to an activating group) is 1. The van der Waals surface area contributed by atoms with Gasteiger partial charge in [0.1, 0.15) is 0 Å². The van der Waals surface area contributed by atoms with Gasteiger partial charge in [0.15, 0.2) is 5.13 Å². The van der Waals surface area contributed by atoms with Crippen molar-refractivity contribution in [3.05, 3.63) is 57.9 Å². The topological polar surface area (TPSA) is 63.1 Å². The van der Waals surface area contributed by atoms with Crippen molar-refractivity contribution in [2.75, 3.05) is 18.4 Å². The van der Waals surface area contributed by atoms with Crippen LogP contribution in [0, 0.1) is 13.8 Å². The van der Waals surface area contributed by atoms with Crippen molar-refractivity contribution in [1.29, 1.82) is 0 Å². The average molecular weight is 382 g/mol. The molecule has 3 aromatic rings. The average Bonchev–Trinajstić information content (AvgIpc) is 3.21. The number of anilines is 1. The molecule has 0 aliphatic carbocycles. The summed E-state index contributed by atoms with van der Waals surface area (Å²) in [6, 6.07) is 9.86. The van der Waals surface area contributed by atoms with E-state index in [1.165, 1.54) is 4.88 Å². The fraction of sp³-hybridized carbons (Fsp3) is 0.350. The Bertz CT molecular complexity index is 976. The van der Waals surface area contributed by atoms with Gasteiger partial charge in [0.05, 0.1) is 28.3 Å². The lowest BCUT2D eigenvalue weighted by molar-refractivity contribution is 0.102. The molecule has 0 spiro atoms. The number of rotatable bonds is 4. The van der Waals surface area contributed by atoms with Gasteiger partial charge >= 0.3 is 0 Å². The molecule has 0 radical (unpaired) electrons. The van der Waals surface area contributed by atoms with Crippen LogP contribution in [0.5, 0.6) is 0 Å². The number of thiazole rings is 1. The van der Waals surface area contributed by atoms with Gasteiger partial charge < -0.3 is 0 Å². The van der Waals surface area contributed by atoms with E-state index < -0.39 is 0 Å². The molecule has 1 aliphatic rings. The van der Waals surface area contributed by atoms with E-state index in [-0.39, 0.29) is 5.91 Å². The predicted octanol–water partition coefficient (Wildman–Crippen LogP) is 3.58. The lowest BCUT2D eigenvalue weighted by Gasteiger charge is -2.23. The van der Waals surface area contributed by atoms with Gasteiger partial charge in [0.25, 0.3) is 5.91 Å². The number of para-hydroxylation sites is 1. The van der Waals surface area contributed by atoms with E-state index in [2.05, 4.69) is 27.2 Å². The number of nitrogens with zero attached hydrogens (tertiary/aromatic N) is 4. The quantitative estimate of drug-likeness (QED) is 0.750. The molecule has 0 unspecified atom stereocenters. The van der Waals surface area contributed by atoms with Gasteiger partial charge in [0.2, 0.25) is 0 Å². The van der Waals surface area contributed by atoms with E-state index >= 15 is 0 Å². The number of hydrogen-bond donors (Lipinski definition) is 1. The van der Waals surface area contributed by atoms with Crippen molar-refractivity contribution in [2.45, 2.75) is 33.7 Å². The number of nitrogens with one attached hydrogen (secondary N) is 1. The fourth-order valence-corrected chi connectivity index (χ4v) is 4.57. The highest BCUT2D eigenvalue weighted by atomic mass is 32.1. The number of benzene rings is 1. The molecule has 0 fully saturated rings. The highest BCUT2D eigenvalue weighted by Gasteiger charge is 2.23. The van der Waals surface area contributed by atoms with Crippen LogP contribution in [0.15, 0.2) is 30.3 Å². The van der Waals surface area contributed by atoms with Crippen molar-refractivity contribution in [3.8, 4) is 5.69 Å². The lowest BCUT2D eigenvalue weighted by atomic mass is 10.2. The minimum Gasteiger partial charge on any atom is -0.298 e. The molecule has 6 nitrogen and oxygen atoms in total. The first-order chi connectivity index (χ1) is 13.1. The number of aryl methyl sites for hydroxylation is 1. The molecule has 0 bridgehead atoms. The number of carbonyl (C=O) groups excluding carboxylic acids is 1. The Morgan fingerprint density at radius 3 is 2.78 bits per heavy atom. The Kier molecular flexibility index (Phi) is 4.80. The summed E-state index contributed by atoms with van der Waals surface area (Å²) in [6.45, 7) is 8.95. The molecule has 0 saturated heterocycles. The van der Waals surface area contributed by atoms with E-state index in [1.807, 2.05) is 48.9 Å². The number of amides is 1. The number of fused-ring (bicyclic) bond motifs is 1. The summed E-state index contributed by atoms with van der Waals surface area (Å²) in [5, 5.41) is 8.23. The lowest BCUT2D eigenvalue weighted by Crippen LogP contribution is -2.29. The molecule has 2 aromatic heterocycles. The zero-order valence-corrected chi connectivity index (χ0v) is 16.6. The van der Waals surface area contributed by atoms with Gasteiger partial charge in [-0.15, -0.1) is 11.3 Å². The molecule has 7 heteroatoms. The second kappa shape index (κ2) is 7.25. The van der Waals surface area contributed by atoms with Gasteiger partial charge in [0, 0.05) is 24.4 Å². The normalized spacial score (nSPS) is 14.2. The third-order valence-corrected chi connectivity index (χ3v) is 5.99. The Hall–Kier alpha value is -2.51. The minimum atomic E-state index is -0.148. The monoisotopic (exact) mass is 381 g/mol. The van der Waals surface area contributed by atoms with Crippen LogP contribution in [-0.4, -0.2) is 38.7 Å². The third kappa shape index (κ3) is 3.40. The van der Waals surface area contributed by atoms with E-state index in [0.717, 1.165) is 43.1 Å². The molecule has 3 heterocycles. The summed E-state index contributed by atoms with van der Waals surface area (Å²) < 4.78 is 1.82. The van der Waals surface area contributed by atoms with Gasteiger partial charge in [-0.05, 0) is 32.5 Å². The maximum Gasteiger partial charge on any atom is 0.261 e. The van der Waals surface area contributed by atoms with Crippen LogP contribution < -0.4 is 5.32 Å². The molecule has 1 N–H and O–H groups in total. The Labute approximate surface area is 162 Å². The summed E-state index contributed by atoms with van der Waals surface area (Å²) in [5.74, 6) is -0.148. The van der Waals surface area contributed by atoms with Crippen LogP contribution in [0.2, 0.25) is 0 Å². The molecular formula is C20H23N5OS. The first-order valence-corrected chi connectivity index (χ1v) is 10.0. The Morgan fingerprint density at radius 2 is 2.04 bits per heavy atom. The number of hydrogen-bond acceptors (Lipinski definition) is 5. The number of carbonyl (C=O) groups is 1. The van der Waals surface area contributed by atoms with Gasteiger partial charge in [-0.25, -0.2) is 9.67 Å². The largest absolute Gasteiger partial charge is 0.298 e. The summed E-state index contributed by atoms with van der Waals surface area (Å²) in [7, 11) is 0. The first kappa shape index (κ1) is 17.9. The van der Waals surface area contributed by atoms with Crippen molar-refractivity contribution >= 4 is 22.4 Å². The van der Waals surface area contributed by atoms with Gasteiger partial charge in [-0.2, -0.15) is 5.10 Å². The van der Waals surface area contributed by atoms with Crippen LogP contribution >= 0.6 is 11.3 Å². The highest BCUT2D eigenvalue weighted by molar-refractivity contribution is 7.15. The first-order valence-electron chi connectivity index (χ1n) is 9.20. The smallest absolute Gasteiger partial charge is 0.261 e. The third-order valence-electron chi connectivity index (χ3n) is 5.00. The van der Waals surface area contributed by atoms with Crippen molar-refractivity contribution in [2.24, 2.45) is 0 Å². The van der Waals surface area contributed by atoms with Crippen molar-refractivity contribution in [1.82, 2.24) is 19.7 Å². The standard InChI is InChI=1S/C20H23N5OS/c1-4-24-11-10-16-17(12-24)27-20(21-16)22-19(26)18-13(2)23-25(14(18)3)15-8-6-5-7-9-15/h5-9H,4,10-12H2,1-3H3,(H,21,22,26). The van der Waals surface area contributed by atoms with E-state index in [0.29, 0.717) is 16.4 Å². The van der Waals surface area contributed by atoms with Crippen molar-refractivity contribution in [3.63, 3.8) is 0 Å². The van der Waals surface area contributed by atoms with E-state index in [1.54, 1.807) is 11.3 Å². The molecule has 4 rings (SSSR count). The second-order valence-electron chi connectivity index (χ2n) is 6.75. The van der Waals surface area contributed by atoms with Crippen LogP contribution in [0.3, 0.4) is 0 Å². The summed E-state index contributed by atoms with van der Waals surface area (Å²) in [4.78, 5) is 21.2. The Balaban J connectivity index is 1.58. The minimum absolute atomic E-state index is 0.148. The molecule has 0 saturated carbocycles. The Morgan fingerprint density at radius 1 is 1.26 bits per heavy atom. The molecular weight excluding hydrogens is 358 g/mol. The van der Waals surface area contributed by atoms with Crippen LogP contribution in [0.4, 0.5) is 5.13 Å². The SMILES string of the molecule is CCN1CCc2nc(NC(=O)c3c(C)nn(-c4ccccc4)c3C)sc2C1. The zero-order chi connectivity index (χ0) is 19.0. The second-order valence-corrected chi connectivity index (χ2v) is 7.84. The molecule has 1 aromatic carbocycles. The summed E-state index contributed by atoms with van der Waals surface area (Å²) >= 11 is 1.58. The molecule has 1 amide bonds. The molecule has 27 heavy (non-hydrogen) atoms. The van der Waals surface area contributed by atoms with Gasteiger partial charge in [-0.3, -0.25) is 15.0 Å². The molecule has 0 atom stereocenters. The highest BCUT2D eigenvalue weighted by Crippen LogP contribution is 2.29. The van der Waals surface area contributed by atoms with Crippen LogP contribution in [-0.2, 0) is 13.0 Å². The fourth-order valence-electron chi connectivity index (χ4n) is 3.52. The van der Waals surface area contributed by atoms with Crippen molar-refractivity contribution < 1.29 is 4.79 Å². The zero-order valence-electron chi connectivity index (χ0n) is 15.8. The number of aromatic nitrogens is 3. The van der Waals surface area contributed by atoms with Gasteiger partial charge in [-0.1, -0.05) is 25.1 Å². The molecule has 1 aliphatic heterocycles. The predicted molar refractivity (Wildman–Crippen MR) is 108 cm³/mol. The van der Waals surface area contributed by atoms with Crippen LogP contribution in [0.1, 0.15) is 39.2 Å².